The van der Waals surface area contributed by atoms with Gasteiger partial charge in [-0.05, 0) is 142 Å². The zero-order valence-corrected chi connectivity index (χ0v) is 41.7. The van der Waals surface area contributed by atoms with Crippen LogP contribution in [0.1, 0.15) is 132 Å². The van der Waals surface area contributed by atoms with Crippen LogP contribution in [-0.4, -0.2) is 27.7 Å². The van der Waals surface area contributed by atoms with E-state index in [4.69, 9.17) is 0 Å². The van der Waals surface area contributed by atoms with E-state index < -0.39 is 11.9 Å². The number of fused-ring (bicyclic) bond motifs is 6. The Morgan fingerprint density at radius 3 is 1.59 bits per heavy atom. The van der Waals surface area contributed by atoms with Crippen LogP contribution in [0.2, 0.25) is 0 Å². The summed E-state index contributed by atoms with van der Waals surface area (Å²) in [5.41, 5.74) is 15.9. The molecule has 0 unspecified atom stereocenters. The average molecular weight is 943 g/mol. The molecule has 1 amide bonds. The highest BCUT2D eigenvalue weighted by molar-refractivity contribution is 7.16. The van der Waals surface area contributed by atoms with Gasteiger partial charge in [-0.15, -0.1) is 11.3 Å². The number of carbonyl (C=O) groups excluding carboxylic acids is 1. The highest BCUT2D eigenvalue weighted by Crippen LogP contribution is 2.58. The molecule has 2 aromatic heterocycles. The highest BCUT2D eigenvalue weighted by Gasteiger charge is 2.44. The number of carboxylic acids is 1. The Balaban J connectivity index is 1.08. The summed E-state index contributed by atoms with van der Waals surface area (Å²) in [6.07, 6.45) is 18.6. The van der Waals surface area contributed by atoms with Gasteiger partial charge in [0.2, 0.25) is 0 Å². The maximum Gasteiger partial charge on any atom is 0.357 e. The molecule has 7 aromatic rings. The number of hydrogen-bond acceptors (Lipinski definition) is 6. The third-order valence-electron chi connectivity index (χ3n) is 15.2. The quantitative estimate of drug-likeness (QED) is 0.0816. The zero-order valence-electron chi connectivity index (χ0n) is 40.9. The first-order valence-electron chi connectivity index (χ1n) is 25.5. The van der Waals surface area contributed by atoms with Crippen LogP contribution in [0.3, 0.4) is 0 Å². The van der Waals surface area contributed by atoms with Gasteiger partial charge in [-0.2, -0.15) is 10.1 Å². The van der Waals surface area contributed by atoms with Crippen molar-refractivity contribution in [1.82, 2.24) is 4.98 Å². The summed E-state index contributed by atoms with van der Waals surface area (Å²) in [7, 11) is 0. The number of anilines is 4. The first-order chi connectivity index (χ1) is 34.2. The summed E-state index contributed by atoms with van der Waals surface area (Å²) < 4.78 is 0. The topological polar surface area (TPSA) is 86.1 Å². The predicted molar refractivity (Wildman–Crippen MR) is 290 cm³/mol. The van der Waals surface area contributed by atoms with Crippen LogP contribution < -0.4 is 9.91 Å². The molecule has 0 radical (unpaired) electrons. The van der Waals surface area contributed by atoms with Crippen molar-refractivity contribution in [2.75, 3.05) is 9.91 Å². The lowest BCUT2D eigenvalue weighted by molar-refractivity contribution is -0.129. The number of hydrazone groups is 1. The first-order valence-corrected chi connectivity index (χ1v) is 26.3. The second-order valence-electron chi connectivity index (χ2n) is 19.3. The van der Waals surface area contributed by atoms with Gasteiger partial charge >= 0.3 is 5.97 Å². The number of rotatable bonds is 19. The maximum atomic E-state index is 13.6. The third-order valence-corrected chi connectivity index (χ3v) is 16.2. The number of aromatic nitrogens is 1. The molecule has 7 nitrogen and oxygen atoms in total. The van der Waals surface area contributed by atoms with Crippen molar-refractivity contribution in [1.29, 1.82) is 0 Å². The van der Waals surface area contributed by atoms with Crippen molar-refractivity contribution in [3.8, 4) is 32.7 Å². The Morgan fingerprint density at radius 1 is 0.600 bits per heavy atom. The molecule has 0 fully saturated rings. The minimum absolute atomic E-state index is 0.0420. The minimum Gasteiger partial charge on any atom is -0.476 e. The van der Waals surface area contributed by atoms with Crippen molar-refractivity contribution in [2.24, 2.45) is 5.10 Å². The fraction of sp³-hybridized carbons (Fsp3) is 0.290. The minimum atomic E-state index is -1.26. The number of amides is 1. The van der Waals surface area contributed by atoms with E-state index >= 15 is 0 Å². The van der Waals surface area contributed by atoms with E-state index in [9.17, 15) is 14.7 Å². The number of benzene rings is 5. The van der Waals surface area contributed by atoms with Gasteiger partial charge in [0.15, 0.2) is 5.71 Å². The summed E-state index contributed by atoms with van der Waals surface area (Å²) in [6, 6.07) is 49.0. The van der Waals surface area contributed by atoms with Gasteiger partial charge in [-0.1, -0.05) is 152 Å². The molecular formula is C62H62N4O3S. The monoisotopic (exact) mass is 942 g/mol. The van der Waals surface area contributed by atoms with Crippen molar-refractivity contribution < 1.29 is 14.7 Å². The van der Waals surface area contributed by atoms with Crippen molar-refractivity contribution in [3.63, 3.8) is 0 Å². The van der Waals surface area contributed by atoms with Crippen LogP contribution in [-0.2, 0) is 20.4 Å². The molecule has 0 saturated heterocycles. The van der Waals surface area contributed by atoms with E-state index in [1.165, 1.54) is 81.5 Å². The van der Waals surface area contributed by atoms with E-state index in [-0.39, 0.29) is 22.1 Å². The van der Waals surface area contributed by atoms with Gasteiger partial charge in [0, 0.05) is 50.0 Å². The molecule has 354 valence electrons. The predicted octanol–water partition coefficient (Wildman–Crippen LogP) is 16.4. The van der Waals surface area contributed by atoms with Crippen LogP contribution in [0.15, 0.2) is 157 Å². The summed E-state index contributed by atoms with van der Waals surface area (Å²) in [5.74, 6) is -1.75. The van der Waals surface area contributed by atoms with Gasteiger partial charge in [-0.25, -0.2) is 4.79 Å². The molecule has 0 saturated carbocycles. The Hall–Kier alpha value is -6.90. The Bertz CT molecular complexity index is 3000. The molecule has 10 rings (SSSR count). The van der Waals surface area contributed by atoms with E-state index in [1.54, 1.807) is 30.6 Å². The average Bonchev–Trinajstić information content (AvgIpc) is 4.14. The number of carbonyl (C=O) groups is 2. The van der Waals surface area contributed by atoms with Crippen molar-refractivity contribution in [2.45, 2.75) is 116 Å². The third kappa shape index (κ3) is 8.20. The van der Waals surface area contributed by atoms with E-state index in [2.05, 4.69) is 152 Å². The highest BCUT2D eigenvalue weighted by atomic mass is 32.1. The molecule has 0 spiro atoms. The van der Waals surface area contributed by atoms with E-state index in [1.807, 2.05) is 12.1 Å². The summed E-state index contributed by atoms with van der Waals surface area (Å²) in [4.78, 5) is 34.2. The number of pyridine rings is 1. The van der Waals surface area contributed by atoms with Crippen molar-refractivity contribution in [3.05, 3.63) is 179 Å². The van der Waals surface area contributed by atoms with Gasteiger partial charge in [0.25, 0.3) is 5.91 Å². The summed E-state index contributed by atoms with van der Waals surface area (Å²) in [6.45, 7) is 9.27. The molecule has 2 aliphatic carbocycles. The number of carboxylic acid groups (broad SMARTS) is 1. The molecule has 8 heteroatoms. The van der Waals surface area contributed by atoms with Gasteiger partial charge in [0.1, 0.15) is 0 Å². The van der Waals surface area contributed by atoms with Crippen LogP contribution in [0.25, 0.3) is 38.8 Å². The summed E-state index contributed by atoms with van der Waals surface area (Å²) >= 11 is 1.51. The SMILES string of the molecule is CCCCC1(CCCC)c2ccccc2-c2ccc(N(c3ccc(-c4ccc(/C=C5\C(=O)N(c6ccncc6)N=C5C(=O)O)s4)cc3)c3ccc4c(c3)C(CCCC)(CCCC)c3ccccc3-4)cc21. The first kappa shape index (κ1) is 46.8. The zero-order chi connectivity index (χ0) is 48.4. The van der Waals surface area contributed by atoms with E-state index in [0.29, 0.717) is 5.69 Å². The molecule has 0 atom stereocenters. The molecule has 5 aromatic carbocycles. The lowest BCUT2D eigenvalue weighted by atomic mass is 9.70. The number of aliphatic carboxylic acids is 1. The van der Waals surface area contributed by atoms with Crippen LogP contribution in [0.4, 0.5) is 22.7 Å². The van der Waals surface area contributed by atoms with Gasteiger partial charge in [0.05, 0.1) is 11.3 Å². The number of hydrogen-bond donors (Lipinski definition) is 1. The second-order valence-corrected chi connectivity index (χ2v) is 20.5. The van der Waals surface area contributed by atoms with Crippen molar-refractivity contribution >= 4 is 57.8 Å². The second kappa shape index (κ2) is 19.8. The fourth-order valence-electron chi connectivity index (χ4n) is 11.7. The Morgan fingerprint density at radius 2 is 1.09 bits per heavy atom. The number of thiophene rings is 1. The lowest BCUT2D eigenvalue weighted by Crippen LogP contribution is -2.26. The Kier molecular flexibility index (Phi) is 13.3. The molecule has 1 aliphatic heterocycles. The molecule has 3 heterocycles. The normalized spacial score (nSPS) is 15.4. The standard InChI is InChI=1S/C62H62N4O3S/c1-5-9-33-61(34-10-6-2)53-19-15-13-17-48(53)50-28-25-45(39-55(50)61)65(46-26-29-51-49-18-14-16-20-54(49)62(35-11-7-3,36-12-8-4)56(51)40-46)43-23-21-42(22-24-43)57-30-27-47(70-57)41-52-58(60(68)69)64-66(59(52)67)44-31-37-63-38-32-44/h13-32,37-41H,5-12,33-36H2,1-4H3,(H,68,69)/b52-41-. The van der Waals surface area contributed by atoms with Crippen LogP contribution >= 0.6 is 11.3 Å². The van der Waals surface area contributed by atoms with Gasteiger partial charge < -0.3 is 10.0 Å². The molecular weight excluding hydrogens is 881 g/mol. The van der Waals surface area contributed by atoms with Crippen LogP contribution in [0, 0.1) is 0 Å². The number of nitrogens with zero attached hydrogens (tertiary/aromatic N) is 4. The van der Waals surface area contributed by atoms with Crippen LogP contribution in [0.5, 0.6) is 0 Å². The lowest BCUT2D eigenvalue weighted by Gasteiger charge is -2.35. The molecule has 3 aliphatic rings. The maximum absolute atomic E-state index is 13.6. The molecule has 0 bridgehead atoms. The molecule has 70 heavy (non-hydrogen) atoms. The largest absolute Gasteiger partial charge is 0.476 e. The fourth-order valence-corrected chi connectivity index (χ4v) is 12.7. The van der Waals surface area contributed by atoms with Gasteiger partial charge in [-0.3, -0.25) is 9.78 Å². The smallest absolute Gasteiger partial charge is 0.357 e. The summed E-state index contributed by atoms with van der Waals surface area (Å²) in [5, 5.41) is 15.4. The number of unbranched alkanes of at least 4 members (excludes halogenated alkanes) is 4. The Labute approximate surface area is 417 Å². The molecule has 1 N–H and O–H groups in total. The van der Waals surface area contributed by atoms with E-state index in [0.717, 1.165) is 88.8 Å².